The monoisotopic (exact) mass is 418 g/mol. The summed E-state index contributed by atoms with van der Waals surface area (Å²) < 4.78 is 5.26. The molecule has 1 aromatic carbocycles. The zero-order valence-electron chi connectivity index (χ0n) is 19.0. The molecule has 0 aliphatic carbocycles. The predicted molar refractivity (Wildman–Crippen MR) is 123 cm³/mol. The van der Waals surface area contributed by atoms with Crippen LogP contribution in [0.4, 0.5) is 0 Å². The lowest BCUT2D eigenvalue weighted by atomic mass is 10.0. The Kier molecular flexibility index (Phi) is 15.7. The van der Waals surface area contributed by atoms with E-state index >= 15 is 0 Å². The summed E-state index contributed by atoms with van der Waals surface area (Å²) in [6, 6.07) is 5.85. The average molecular weight is 419 g/mol. The van der Waals surface area contributed by atoms with Gasteiger partial charge in [0.1, 0.15) is 0 Å². The molecule has 0 aliphatic rings. The molecule has 4 nitrogen and oxygen atoms in total. The third kappa shape index (κ3) is 13.4. The maximum absolute atomic E-state index is 11.9. The van der Waals surface area contributed by atoms with Gasteiger partial charge in [-0.25, -0.2) is 9.59 Å². The van der Waals surface area contributed by atoms with Crippen LogP contribution in [-0.4, -0.2) is 23.7 Å². The van der Waals surface area contributed by atoms with Crippen LogP contribution < -0.4 is 0 Å². The van der Waals surface area contributed by atoms with Gasteiger partial charge in [0, 0.05) is 0 Å². The third-order valence-electron chi connectivity index (χ3n) is 5.60. The number of hydrogen-bond acceptors (Lipinski definition) is 3. The van der Waals surface area contributed by atoms with Gasteiger partial charge >= 0.3 is 11.9 Å². The zero-order valence-corrected chi connectivity index (χ0v) is 19.0. The topological polar surface area (TPSA) is 63.6 Å². The van der Waals surface area contributed by atoms with E-state index in [1.165, 1.54) is 114 Å². The number of aromatic carboxylic acids is 1. The number of rotatable bonds is 19. The zero-order chi connectivity index (χ0) is 21.9. The van der Waals surface area contributed by atoms with Crippen LogP contribution in [0.5, 0.6) is 0 Å². The van der Waals surface area contributed by atoms with Crippen LogP contribution in [-0.2, 0) is 4.74 Å². The van der Waals surface area contributed by atoms with Crippen LogP contribution in [0, 0.1) is 0 Å². The summed E-state index contributed by atoms with van der Waals surface area (Å²) in [7, 11) is 0. The number of ether oxygens (including phenoxy) is 1. The molecule has 30 heavy (non-hydrogen) atoms. The molecule has 0 spiro atoms. The molecule has 0 aromatic heterocycles. The van der Waals surface area contributed by atoms with Crippen molar-refractivity contribution in [1.29, 1.82) is 0 Å². The Morgan fingerprint density at radius 1 is 0.633 bits per heavy atom. The van der Waals surface area contributed by atoms with Crippen molar-refractivity contribution in [3.63, 3.8) is 0 Å². The normalized spacial score (nSPS) is 10.8. The van der Waals surface area contributed by atoms with Crippen LogP contribution in [0.15, 0.2) is 24.3 Å². The summed E-state index contributed by atoms with van der Waals surface area (Å²) in [6.45, 7) is 2.70. The number of unbranched alkanes of at least 4 members (excludes halogenated alkanes) is 15. The lowest BCUT2D eigenvalue weighted by Gasteiger charge is -2.06. The van der Waals surface area contributed by atoms with Gasteiger partial charge in [-0.1, -0.05) is 103 Å². The summed E-state index contributed by atoms with van der Waals surface area (Å²) >= 11 is 0. The van der Waals surface area contributed by atoms with Crippen molar-refractivity contribution in [2.45, 2.75) is 110 Å². The molecule has 1 N–H and O–H groups in total. The molecule has 0 unspecified atom stereocenters. The molecule has 0 aliphatic heterocycles. The highest BCUT2D eigenvalue weighted by molar-refractivity contribution is 5.92. The third-order valence-corrected chi connectivity index (χ3v) is 5.60. The van der Waals surface area contributed by atoms with Crippen molar-refractivity contribution in [2.75, 3.05) is 6.61 Å². The number of carboxylic acid groups (broad SMARTS) is 1. The summed E-state index contributed by atoms with van der Waals surface area (Å²) in [5.74, 6) is -1.38. The van der Waals surface area contributed by atoms with Crippen LogP contribution in [0.1, 0.15) is 130 Å². The smallest absolute Gasteiger partial charge is 0.338 e. The number of benzene rings is 1. The molecule has 170 valence electrons. The lowest BCUT2D eigenvalue weighted by molar-refractivity contribution is 0.0496. The van der Waals surface area contributed by atoms with Gasteiger partial charge in [0.05, 0.1) is 17.7 Å². The standard InChI is InChI=1S/C26H42O4/c1-2-3-4-5-6-7-8-9-10-11-12-13-14-15-16-17-22-30-26(29)24-20-18-23(19-21-24)25(27)28/h18-21H,2-17,22H2,1H3,(H,27,28). The van der Waals surface area contributed by atoms with Crippen molar-refractivity contribution >= 4 is 11.9 Å². The van der Waals surface area contributed by atoms with Crippen molar-refractivity contribution in [3.05, 3.63) is 35.4 Å². The van der Waals surface area contributed by atoms with Gasteiger partial charge in [0.25, 0.3) is 0 Å². The number of esters is 1. The second kappa shape index (κ2) is 18.0. The molecule has 0 atom stereocenters. The van der Waals surface area contributed by atoms with Gasteiger partial charge in [-0.3, -0.25) is 0 Å². The van der Waals surface area contributed by atoms with Gasteiger partial charge in [-0.05, 0) is 30.7 Å². The molecule has 0 fully saturated rings. The average Bonchev–Trinajstić information content (AvgIpc) is 2.75. The molecular weight excluding hydrogens is 376 g/mol. The highest BCUT2D eigenvalue weighted by Crippen LogP contribution is 2.14. The maximum Gasteiger partial charge on any atom is 0.338 e. The number of carbonyl (C=O) groups is 2. The molecule has 1 aromatic rings. The Labute approximate surface area is 183 Å². The molecule has 0 bridgehead atoms. The van der Waals surface area contributed by atoms with Crippen LogP contribution in [0.25, 0.3) is 0 Å². The summed E-state index contributed by atoms with van der Waals surface area (Å²) in [6.07, 6.45) is 21.1. The number of carboxylic acids is 1. The quantitative estimate of drug-likeness (QED) is 0.184. The summed E-state index contributed by atoms with van der Waals surface area (Å²) in [4.78, 5) is 22.7. The molecule has 1 rings (SSSR count). The van der Waals surface area contributed by atoms with Gasteiger partial charge in [-0.15, -0.1) is 0 Å². The lowest BCUT2D eigenvalue weighted by Crippen LogP contribution is -2.07. The molecule has 0 radical (unpaired) electrons. The van der Waals surface area contributed by atoms with Crippen LogP contribution in [0.3, 0.4) is 0 Å². The Morgan fingerprint density at radius 2 is 1.00 bits per heavy atom. The second-order valence-electron chi connectivity index (χ2n) is 8.32. The van der Waals surface area contributed by atoms with E-state index in [0.717, 1.165) is 12.8 Å². The van der Waals surface area contributed by atoms with Crippen LogP contribution >= 0.6 is 0 Å². The largest absolute Gasteiger partial charge is 0.478 e. The van der Waals surface area contributed by atoms with Crippen molar-refractivity contribution in [2.24, 2.45) is 0 Å². The van der Waals surface area contributed by atoms with E-state index in [-0.39, 0.29) is 11.5 Å². The van der Waals surface area contributed by atoms with Gasteiger partial charge < -0.3 is 9.84 Å². The predicted octanol–water partition coefficient (Wildman–Crippen LogP) is 7.80. The fraction of sp³-hybridized carbons (Fsp3) is 0.692. The first kappa shape index (κ1) is 26.2. The Balaban J connectivity index is 1.85. The Bertz CT molecular complexity index is 565. The van der Waals surface area contributed by atoms with Crippen molar-refractivity contribution in [3.8, 4) is 0 Å². The Morgan fingerprint density at radius 3 is 1.40 bits per heavy atom. The van der Waals surface area contributed by atoms with E-state index in [1.54, 1.807) is 0 Å². The molecule has 0 heterocycles. The highest BCUT2D eigenvalue weighted by Gasteiger charge is 2.08. The fourth-order valence-electron chi connectivity index (χ4n) is 3.65. The van der Waals surface area contributed by atoms with E-state index in [2.05, 4.69) is 6.92 Å². The first-order chi connectivity index (χ1) is 14.6. The number of hydrogen-bond donors (Lipinski definition) is 1. The minimum atomic E-state index is -0.997. The van der Waals surface area contributed by atoms with Gasteiger partial charge in [0.2, 0.25) is 0 Å². The van der Waals surface area contributed by atoms with Crippen molar-refractivity contribution < 1.29 is 19.4 Å². The molecule has 4 heteroatoms. The van der Waals surface area contributed by atoms with Gasteiger partial charge in [0.15, 0.2) is 0 Å². The van der Waals surface area contributed by atoms with E-state index in [1.807, 2.05) is 0 Å². The first-order valence-electron chi connectivity index (χ1n) is 12.2. The number of carbonyl (C=O) groups excluding carboxylic acids is 1. The maximum atomic E-state index is 11.9. The highest BCUT2D eigenvalue weighted by atomic mass is 16.5. The second-order valence-corrected chi connectivity index (χ2v) is 8.32. The van der Waals surface area contributed by atoms with E-state index < -0.39 is 5.97 Å². The SMILES string of the molecule is CCCCCCCCCCCCCCCCCCOC(=O)c1ccc(C(=O)O)cc1. The molecule has 0 amide bonds. The van der Waals surface area contributed by atoms with Crippen LogP contribution in [0.2, 0.25) is 0 Å². The molecule has 0 saturated carbocycles. The van der Waals surface area contributed by atoms with Crippen molar-refractivity contribution in [1.82, 2.24) is 0 Å². The van der Waals surface area contributed by atoms with E-state index in [9.17, 15) is 9.59 Å². The molecular formula is C26H42O4. The Hall–Kier alpha value is -1.84. The first-order valence-corrected chi connectivity index (χ1v) is 12.2. The summed E-state index contributed by atoms with van der Waals surface area (Å²) in [5.41, 5.74) is 0.570. The fourth-order valence-corrected chi connectivity index (χ4v) is 3.65. The van der Waals surface area contributed by atoms with E-state index in [0.29, 0.717) is 12.2 Å². The van der Waals surface area contributed by atoms with Gasteiger partial charge in [-0.2, -0.15) is 0 Å². The molecule has 0 saturated heterocycles. The summed E-state index contributed by atoms with van der Waals surface area (Å²) in [5, 5.41) is 8.86. The van der Waals surface area contributed by atoms with E-state index in [4.69, 9.17) is 9.84 Å². The minimum absolute atomic E-state index is 0.171. The minimum Gasteiger partial charge on any atom is -0.478 e.